The van der Waals surface area contributed by atoms with E-state index in [2.05, 4.69) is 22.9 Å². The predicted molar refractivity (Wildman–Crippen MR) is 69.3 cm³/mol. The lowest BCUT2D eigenvalue weighted by atomic mass is 10.2. The minimum Gasteiger partial charge on any atom is -0.494 e. The smallest absolute Gasteiger partial charge is 0.157 e. The topological polar surface area (TPSA) is 27.7 Å². The average Bonchev–Trinajstić information content (AvgIpc) is 2.82. The molecule has 1 aliphatic heterocycles. The van der Waals surface area contributed by atoms with Crippen LogP contribution in [0.1, 0.15) is 18.4 Å². The summed E-state index contributed by atoms with van der Waals surface area (Å²) in [7, 11) is 0. The van der Waals surface area contributed by atoms with E-state index in [0.29, 0.717) is 6.61 Å². The molecule has 0 saturated carbocycles. The second kappa shape index (κ2) is 6.38. The molecule has 17 heavy (non-hydrogen) atoms. The molecule has 3 nitrogen and oxygen atoms in total. The number of hydrogen-bond donors (Lipinski definition) is 0. The number of benzene rings is 1. The van der Waals surface area contributed by atoms with E-state index in [4.69, 9.17) is 14.2 Å². The first kappa shape index (κ1) is 12.9. The van der Waals surface area contributed by atoms with Crippen molar-refractivity contribution >= 4 is 15.9 Å². The van der Waals surface area contributed by atoms with Crippen molar-refractivity contribution in [3.05, 3.63) is 28.2 Å². The van der Waals surface area contributed by atoms with Crippen LogP contribution in [-0.4, -0.2) is 26.1 Å². The normalized spacial score (nSPS) is 16.4. The Morgan fingerprint density at radius 1 is 1.35 bits per heavy atom. The molecule has 1 aromatic rings. The molecule has 1 fully saturated rings. The number of aryl methyl sites for hydroxylation is 1. The molecule has 1 aromatic carbocycles. The summed E-state index contributed by atoms with van der Waals surface area (Å²) in [6.07, 6.45) is 1.81. The Labute approximate surface area is 110 Å². The molecular formula is C13H17BrO3. The predicted octanol–water partition coefficient (Wildman–Crippen LogP) is 3.29. The maximum Gasteiger partial charge on any atom is 0.157 e. The maximum atomic E-state index is 5.66. The fourth-order valence-corrected chi connectivity index (χ4v) is 2.04. The van der Waals surface area contributed by atoms with Gasteiger partial charge in [0.2, 0.25) is 0 Å². The Kier molecular flexibility index (Phi) is 4.83. The molecule has 0 N–H and O–H groups in total. The number of halogens is 1. The number of rotatable bonds is 5. The Morgan fingerprint density at radius 3 is 2.82 bits per heavy atom. The van der Waals surface area contributed by atoms with Crippen LogP contribution in [0.25, 0.3) is 0 Å². The van der Waals surface area contributed by atoms with E-state index in [-0.39, 0.29) is 6.29 Å². The third kappa shape index (κ3) is 3.98. The van der Waals surface area contributed by atoms with E-state index in [1.165, 1.54) is 5.56 Å². The standard InChI is InChI=1S/C13H17BrO3/c1-10-4-5-11(9-12(10)14)15-6-2-3-13-16-7-8-17-13/h4-5,9,13H,2-3,6-8H2,1H3. The Bertz CT molecular complexity index is 362. The molecule has 0 atom stereocenters. The average molecular weight is 301 g/mol. The summed E-state index contributed by atoms with van der Waals surface area (Å²) in [5.41, 5.74) is 1.21. The lowest BCUT2D eigenvalue weighted by Gasteiger charge is -2.10. The molecule has 1 aliphatic rings. The van der Waals surface area contributed by atoms with Crippen LogP contribution in [0, 0.1) is 6.92 Å². The molecule has 0 amide bonds. The highest BCUT2D eigenvalue weighted by Gasteiger charge is 2.14. The number of hydrogen-bond acceptors (Lipinski definition) is 3. The molecular weight excluding hydrogens is 284 g/mol. The van der Waals surface area contributed by atoms with Gasteiger partial charge in [-0.15, -0.1) is 0 Å². The van der Waals surface area contributed by atoms with Gasteiger partial charge in [-0.05, 0) is 31.0 Å². The molecule has 0 unspecified atom stereocenters. The molecule has 1 saturated heterocycles. The van der Waals surface area contributed by atoms with Gasteiger partial charge in [0.1, 0.15) is 5.75 Å². The van der Waals surface area contributed by atoms with E-state index in [1.54, 1.807) is 0 Å². The molecule has 0 bridgehead atoms. The Morgan fingerprint density at radius 2 is 2.12 bits per heavy atom. The molecule has 0 spiro atoms. The summed E-state index contributed by atoms with van der Waals surface area (Å²) >= 11 is 3.49. The van der Waals surface area contributed by atoms with Crippen molar-refractivity contribution < 1.29 is 14.2 Å². The van der Waals surface area contributed by atoms with Gasteiger partial charge in [-0.3, -0.25) is 0 Å². The first-order valence-electron chi connectivity index (χ1n) is 5.88. The highest BCUT2D eigenvalue weighted by molar-refractivity contribution is 9.10. The summed E-state index contributed by atoms with van der Waals surface area (Å²) in [5, 5.41) is 0. The second-order valence-corrected chi connectivity index (χ2v) is 4.93. The van der Waals surface area contributed by atoms with Crippen LogP contribution < -0.4 is 4.74 Å². The monoisotopic (exact) mass is 300 g/mol. The minimum absolute atomic E-state index is 0.0247. The van der Waals surface area contributed by atoms with Crippen molar-refractivity contribution in [1.82, 2.24) is 0 Å². The van der Waals surface area contributed by atoms with Crippen LogP contribution >= 0.6 is 15.9 Å². The molecule has 4 heteroatoms. The van der Waals surface area contributed by atoms with Crippen molar-refractivity contribution in [3.8, 4) is 5.75 Å². The van der Waals surface area contributed by atoms with Gasteiger partial charge in [-0.2, -0.15) is 0 Å². The van der Waals surface area contributed by atoms with Crippen LogP contribution in [0.4, 0.5) is 0 Å². The summed E-state index contributed by atoms with van der Waals surface area (Å²) in [6.45, 7) is 4.19. The molecule has 2 rings (SSSR count). The Balaban J connectivity index is 1.68. The van der Waals surface area contributed by atoms with E-state index in [9.17, 15) is 0 Å². The third-order valence-corrected chi connectivity index (χ3v) is 3.54. The fraction of sp³-hybridized carbons (Fsp3) is 0.538. The van der Waals surface area contributed by atoms with E-state index < -0.39 is 0 Å². The largest absolute Gasteiger partial charge is 0.494 e. The highest BCUT2D eigenvalue weighted by atomic mass is 79.9. The molecule has 94 valence electrons. The summed E-state index contributed by atoms with van der Waals surface area (Å²) in [4.78, 5) is 0. The third-order valence-electron chi connectivity index (χ3n) is 2.69. The van der Waals surface area contributed by atoms with Gasteiger partial charge in [0, 0.05) is 10.9 Å². The summed E-state index contributed by atoms with van der Waals surface area (Å²) in [6, 6.07) is 6.03. The van der Waals surface area contributed by atoms with Crippen LogP contribution in [0.5, 0.6) is 5.75 Å². The SMILES string of the molecule is Cc1ccc(OCCCC2OCCO2)cc1Br. The van der Waals surface area contributed by atoms with Crippen molar-refractivity contribution in [2.75, 3.05) is 19.8 Å². The van der Waals surface area contributed by atoms with Crippen molar-refractivity contribution in [3.63, 3.8) is 0 Å². The fourth-order valence-electron chi connectivity index (χ4n) is 1.68. The highest BCUT2D eigenvalue weighted by Crippen LogP contribution is 2.22. The van der Waals surface area contributed by atoms with E-state index in [1.807, 2.05) is 18.2 Å². The van der Waals surface area contributed by atoms with Gasteiger partial charge in [0.05, 0.1) is 19.8 Å². The van der Waals surface area contributed by atoms with Crippen LogP contribution in [-0.2, 0) is 9.47 Å². The second-order valence-electron chi connectivity index (χ2n) is 4.07. The van der Waals surface area contributed by atoms with Gasteiger partial charge in [-0.25, -0.2) is 0 Å². The van der Waals surface area contributed by atoms with Gasteiger partial charge >= 0.3 is 0 Å². The zero-order chi connectivity index (χ0) is 12.1. The van der Waals surface area contributed by atoms with Gasteiger partial charge in [0.25, 0.3) is 0 Å². The van der Waals surface area contributed by atoms with Crippen LogP contribution in [0.15, 0.2) is 22.7 Å². The summed E-state index contributed by atoms with van der Waals surface area (Å²) < 4.78 is 17.5. The zero-order valence-corrected chi connectivity index (χ0v) is 11.5. The van der Waals surface area contributed by atoms with Crippen molar-refractivity contribution in [1.29, 1.82) is 0 Å². The van der Waals surface area contributed by atoms with Gasteiger partial charge < -0.3 is 14.2 Å². The summed E-state index contributed by atoms with van der Waals surface area (Å²) in [5.74, 6) is 0.899. The quantitative estimate of drug-likeness (QED) is 0.781. The molecule has 1 heterocycles. The van der Waals surface area contributed by atoms with Crippen LogP contribution in [0.3, 0.4) is 0 Å². The molecule has 0 aromatic heterocycles. The Hall–Kier alpha value is -0.580. The maximum absolute atomic E-state index is 5.66. The zero-order valence-electron chi connectivity index (χ0n) is 9.95. The van der Waals surface area contributed by atoms with Crippen molar-refractivity contribution in [2.24, 2.45) is 0 Å². The van der Waals surface area contributed by atoms with E-state index in [0.717, 1.165) is 36.3 Å². The molecule has 0 radical (unpaired) electrons. The lowest BCUT2D eigenvalue weighted by molar-refractivity contribution is -0.0492. The molecule has 0 aliphatic carbocycles. The first-order chi connectivity index (χ1) is 8.25. The first-order valence-corrected chi connectivity index (χ1v) is 6.67. The van der Waals surface area contributed by atoms with Gasteiger partial charge in [0.15, 0.2) is 6.29 Å². The van der Waals surface area contributed by atoms with Crippen LogP contribution in [0.2, 0.25) is 0 Å². The van der Waals surface area contributed by atoms with E-state index >= 15 is 0 Å². The van der Waals surface area contributed by atoms with Gasteiger partial charge in [-0.1, -0.05) is 22.0 Å². The number of ether oxygens (including phenoxy) is 3. The van der Waals surface area contributed by atoms with Crippen molar-refractivity contribution in [2.45, 2.75) is 26.1 Å². The minimum atomic E-state index is -0.0247. The lowest BCUT2D eigenvalue weighted by Crippen LogP contribution is -2.09.